The maximum atomic E-state index is 12.8. The lowest BCUT2D eigenvalue weighted by atomic mass is 10.1. The highest BCUT2D eigenvalue weighted by molar-refractivity contribution is 5.94. The van der Waals surface area contributed by atoms with Crippen molar-refractivity contribution in [2.24, 2.45) is 0 Å². The molecule has 0 aliphatic carbocycles. The number of hydrogen-bond acceptors (Lipinski definition) is 2. The van der Waals surface area contributed by atoms with Crippen LogP contribution in [0.4, 0.5) is 10.1 Å². The molecule has 0 spiro atoms. The predicted octanol–water partition coefficient (Wildman–Crippen LogP) is 1.21. The standard InChI is InChI=1S/C20H24FN3O2/c1-14-4-5-16(15(2)10-14)12-24(3)13-20(26)22-11-19(25)23-18-8-6-17(21)7-9-18/h4-10H,11-13H2,1-3H3,(H,22,26)(H,23,25)/p+1. The summed E-state index contributed by atoms with van der Waals surface area (Å²) in [5, 5.41) is 5.21. The molecule has 2 amide bonds. The summed E-state index contributed by atoms with van der Waals surface area (Å²) in [7, 11) is 1.94. The van der Waals surface area contributed by atoms with Crippen LogP contribution in [-0.4, -0.2) is 32.0 Å². The molecule has 0 bridgehead atoms. The molecule has 2 rings (SSSR count). The Hall–Kier alpha value is -2.73. The second kappa shape index (κ2) is 9.10. The highest BCUT2D eigenvalue weighted by atomic mass is 19.1. The number of amides is 2. The molecule has 1 atom stereocenters. The summed E-state index contributed by atoms with van der Waals surface area (Å²) in [6, 6.07) is 11.7. The summed E-state index contributed by atoms with van der Waals surface area (Å²) in [4.78, 5) is 24.9. The van der Waals surface area contributed by atoms with Crippen molar-refractivity contribution in [1.82, 2.24) is 5.32 Å². The van der Waals surface area contributed by atoms with Crippen molar-refractivity contribution < 1.29 is 18.9 Å². The Kier molecular flexibility index (Phi) is 6.86. The van der Waals surface area contributed by atoms with Gasteiger partial charge in [0.05, 0.1) is 13.6 Å². The number of hydrogen-bond donors (Lipinski definition) is 3. The van der Waals surface area contributed by atoms with Gasteiger partial charge in [0.2, 0.25) is 5.91 Å². The third-order valence-electron chi connectivity index (χ3n) is 4.03. The van der Waals surface area contributed by atoms with Crippen molar-refractivity contribution in [1.29, 1.82) is 0 Å². The van der Waals surface area contributed by atoms with Crippen LogP contribution in [0.1, 0.15) is 16.7 Å². The Morgan fingerprint density at radius 1 is 1.04 bits per heavy atom. The zero-order valence-electron chi connectivity index (χ0n) is 15.4. The zero-order valence-corrected chi connectivity index (χ0v) is 15.4. The molecule has 5 nitrogen and oxygen atoms in total. The highest BCUT2D eigenvalue weighted by Gasteiger charge is 2.13. The molecule has 0 fully saturated rings. The number of likely N-dealkylation sites (N-methyl/N-ethyl adjacent to an activating group) is 1. The van der Waals surface area contributed by atoms with Gasteiger partial charge in [-0.1, -0.05) is 23.8 Å². The van der Waals surface area contributed by atoms with Gasteiger partial charge in [0, 0.05) is 11.3 Å². The molecule has 6 heteroatoms. The average molecular weight is 358 g/mol. The van der Waals surface area contributed by atoms with E-state index in [2.05, 4.69) is 42.7 Å². The first-order valence-corrected chi connectivity index (χ1v) is 8.53. The summed E-state index contributed by atoms with van der Waals surface area (Å²) >= 11 is 0. The minimum absolute atomic E-state index is 0.118. The molecule has 26 heavy (non-hydrogen) atoms. The molecule has 0 radical (unpaired) electrons. The number of aryl methyl sites for hydroxylation is 2. The van der Waals surface area contributed by atoms with Crippen LogP contribution in [-0.2, 0) is 16.1 Å². The fraction of sp³-hybridized carbons (Fsp3) is 0.300. The second-order valence-electron chi connectivity index (χ2n) is 6.57. The average Bonchev–Trinajstić information content (AvgIpc) is 2.58. The number of halogens is 1. The topological polar surface area (TPSA) is 62.6 Å². The SMILES string of the molecule is Cc1ccc(C[NH+](C)CC(=O)NCC(=O)Nc2ccc(F)cc2)c(C)c1. The lowest BCUT2D eigenvalue weighted by Crippen LogP contribution is -3.09. The van der Waals surface area contributed by atoms with E-state index < -0.39 is 0 Å². The summed E-state index contributed by atoms with van der Waals surface area (Å²) < 4.78 is 12.8. The summed E-state index contributed by atoms with van der Waals surface area (Å²) in [6.45, 7) is 5.01. The lowest BCUT2D eigenvalue weighted by molar-refractivity contribution is -0.885. The second-order valence-corrected chi connectivity index (χ2v) is 6.57. The van der Waals surface area contributed by atoms with Crippen LogP contribution in [0.25, 0.3) is 0 Å². The molecule has 2 aromatic carbocycles. The van der Waals surface area contributed by atoms with Gasteiger partial charge in [0.15, 0.2) is 6.54 Å². The van der Waals surface area contributed by atoms with Gasteiger partial charge < -0.3 is 15.5 Å². The number of rotatable bonds is 7. The maximum Gasteiger partial charge on any atom is 0.275 e. The van der Waals surface area contributed by atoms with E-state index in [0.29, 0.717) is 5.69 Å². The largest absolute Gasteiger partial charge is 0.342 e. The fourth-order valence-corrected chi connectivity index (χ4v) is 2.69. The molecule has 0 heterocycles. The van der Waals surface area contributed by atoms with Gasteiger partial charge in [-0.25, -0.2) is 4.39 Å². The predicted molar refractivity (Wildman–Crippen MR) is 99.4 cm³/mol. The number of nitrogens with one attached hydrogen (secondary N) is 3. The van der Waals surface area contributed by atoms with Gasteiger partial charge in [0.25, 0.3) is 5.91 Å². The van der Waals surface area contributed by atoms with Crippen molar-refractivity contribution in [3.63, 3.8) is 0 Å². The third kappa shape index (κ3) is 6.29. The molecule has 2 aromatic rings. The van der Waals surface area contributed by atoms with E-state index in [-0.39, 0.29) is 30.7 Å². The van der Waals surface area contributed by atoms with E-state index in [1.54, 1.807) is 0 Å². The normalized spacial score (nSPS) is 11.7. The first kappa shape index (κ1) is 19.6. The molecule has 0 aliphatic heterocycles. The van der Waals surface area contributed by atoms with Crippen LogP contribution in [0.2, 0.25) is 0 Å². The van der Waals surface area contributed by atoms with Crippen LogP contribution in [0.3, 0.4) is 0 Å². The van der Waals surface area contributed by atoms with E-state index >= 15 is 0 Å². The lowest BCUT2D eigenvalue weighted by Gasteiger charge is -2.15. The van der Waals surface area contributed by atoms with Gasteiger partial charge in [-0.05, 0) is 43.7 Å². The van der Waals surface area contributed by atoms with E-state index in [1.165, 1.54) is 41.0 Å². The first-order chi connectivity index (χ1) is 12.3. The third-order valence-corrected chi connectivity index (χ3v) is 4.03. The van der Waals surface area contributed by atoms with Gasteiger partial charge in [-0.2, -0.15) is 0 Å². The van der Waals surface area contributed by atoms with Gasteiger partial charge >= 0.3 is 0 Å². The van der Waals surface area contributed by atoms with E-state index in [0.717, 1.165) is 11.4 Å². The number of carbonyl (C=O) groups is 2. The van der Waals surface area contributed by atoms with Crippen molar-refractivity contribution >= 4 is 17.5 Å². The van der Waals surface area contributed by atoms with Crippen molar-refractivity contribution in [3.05, 3.63) is 65.0 Å². The molecular formula is C20H25FN3O2+. The molecule has 0 aromatic heterocycles. The van der Waals surface area contributed by atoms with Crippen LogP contribution >= 0.6 is 0 Å². The molecule has 1 unspecified atom stereocenters. The number of quaternary nitrogens is 1. The van der Waals surface area contributed by atoms with Crippen LogP contribution in [0.5, 0.6) is 0 Å². The Balaban J connectivity index is 1.75. The number of benzene rings is 2. The summed E-state index contributed by atoms with van der Waals surface area (Å²) in [5.41, 5.74) is 4.12. The minimum atomic E-state index is -0.369. The van der Waals surface area contributed by atoms with Crippen LogP contribution in [0, 0.1) is 19.7 Å². The molecule has 0 saturated carbocycles. The van der Waals surface area contributed by atoms with Crippen molar-refractivity contribution in [2.75, 3.05) is 25.5 Å². The first-order valence-electron chi connectivity index (χ1n) is 8.53. The fourth-order valence-electron chi connectivity index (χ4n) is 2.69. The summed E-state index contributed by atoms with van der Waals surface area (Å²) in [5.74, 6) is -0.912. The summed E-state index contributed by atoms with van der Waals surface area (Å²) in [6.07, 6.45) is 0. The van der Waals surface area contributed by atoms with Gasteiger partial charge in [0.1, 0.15) is 12.4 Å². The van der Waals surface area contributed by atoms with Gasteiger partial charge in [-0.15, -0.1) is 0 Å². The quantitative estimate of drug-likeness (QED) is 0.697. The molecular weight excluding hydrogens is 333 g/mol. The van der Waals surface area contributed by atoms with Crippen molar-refractivity contribution in [2.45, 2.75) is 20.4 Å². The molecule has 0 aliphatic rings. The van der Waals surface area contributed by atoms with E-state index in [9.17, 15) is 14.0 Å². The zero-order chi connectivity index (χ0) is 19.1. The molecule has 3 N–H and O–H groups in total. The Bertz CT molecular complexity index is 775. The molecule has 0 saturated heterocycles. The minimum Gasteiger partial charge on any atom is -0.342 e. The highest BCUT2D eigenvalue weighted by Crippen LogP contribution is 2.09. The maximum absolute atomic E-state index is 12.8. The molecule has 138 valence electrons. The number of anilines is 1. The van der Waals surface area contributed by atoms with Crippen LogP contribution in [0.15, 0.2) is 42.5 Å². The smallest absolute Gasteiger partial charge is 0.275 e. The Labute approximate surface area is 153 Å². The Morgan fingerprint density at radius 2 is 1.73 bits per heavy atom. The van der Waals surface area contributed by atoms with Crippen LogP contribution < -0.4 is 15.5 Å². The van der Waals surface area contributed by atoms with Crippen molar-refractivity contribution in [3.8, 4) is 0 Å². The monoisotopic (exact) mass is 358 g/mol. The van der Waals surface area contributed by atoms with E-state index in [1.807, 2.05) is 7.05 Å². The number of carbonyl (C=O) groups excluding carboxylic acids is 2. The van der Waals surface area contributed by atoms with Gasteiger partial charge in [-0.3, -0.25) is 9.59 Å². The van der Waals surface area contributed by atoms with E-state index in [4.69, 9.17) is 0 Å². The Morgan fingerprint density at radius 3 is 2.38 bits per heavy atom.